The Bertz CT molecular complexity index is 959. The number of hydrazone groups is 1. The smallest absolute Gasteiger partial charge is 0.406 e. The lowest BCUT2D eigenvalue weighted by Gasteiger charge is -2.25. The number of ether oxygens (including phenoxy) is 1. The fourth-order valence-corrected chi connectivity index (χ4v) is 3.35. The third kappa shape index (κ3) is 5.13. The van der Waals surface area contributed by atoms with E-state index in [4.69, 9.17) is 11.6 Å². The lowest BCUT2D eigenvalue weighted by atomic mass is 9.79. The molecule has 0 aliphatic carbocycles. The monoisotopic (exact) mass is 437 g/mol. The van der Waals surface area contributed by atoms with Gasteiger partial charge in [0.1, 0.15) is 5.75 Å². The summed E-state index contributed by atoms with van der Waals surface area (Å²) in [6.45, 7) is 6.10. The summed E-state index contributed by atoms with van der Waals surface area (Å²) >= 11 is 5.96. The first-order chi connectivity index (χ1) is 14.1. The van der Waals surface area contributed by atoms with E-state index in [1.54, 1.807) is 18.2 Å². The molecule has 1 atom stereocenters. The number of nitrogens with zero attached hydrogens (tertiary/aromatic N) is 2. The number of nitrogens with one attached hydrogen (secondary N) is 1. The van der Waals surface area contributed by atoms with Crippen molar-refractivity contribution in [3.05, 3.63) is 71.8 Å². The molecule has 0 aromatic heterocycles. The number of amides is 2. The first kappa shape index (κ1) is 21.7. The van der Waals surface area contributed by atoms with E-state index < -0.39 is 17.8 Å². The highest BCUT2D eigenvalue weighted by Crippen LogP contribution is 2.35. The fraction of sp³-hybridized carbons (Fsp3) is 0.238. The molecule has 30 heavy (non-hydrogen) atoms. The predicted octanol–water partition coefficient (Wildman–Crippen LogP) is 6.07. The van der Waals surface area contributed by atoms with E-state index in [-0.39, 0.29) is 5.75 Å². The van der Waals surface area contributed by atoms with Crippen molar-refractivity contribution in [2.24, 2.45) is 10.5 Å². The second-order valence-electron chi connectivity index (χ2n) is 7.07. The van der Waals surface area contributed by atoms with Crippen molar-refractivity contribution >= 4 is 29.0 Å². The van der Waals surface area contributed by atoms with E-state index in [9.17, 15) is 18.0 Å². The summed E-state index contributed by atoms with van der Waals surface area (Å²) < 4.78 is 40.6. The summed E-state index contributed by atoms with van der Waals surface area (Å²) in [4.78, 5) is 12.7. The maximum atomic E-state index is 12.7. The molecular formula is C21H19ClF3N3O2. The number of carbonyl (C=O) groups is 1. The highest BCUT2D eigenvalue weighted by atomic mass is 35.5. The minimum Gasteiger partial charge on any atom is -0.406 e. The van der Waals surface area contributed by atoms with E-state index in [1.807, 2.05) is 19.1 Å². The first-order valence-electron chi connectivity index (χ1n) is 9.00. The third-order valence-corrected chi connectivity index (χ3v) is 4.83. The van der Waals surface area contributed by atoms with E-state index in [2.05, 4.69) is 21.7 Å². The fourth-order valence-electron chi connectivity index (χ4n) is 3.22. The number of hydrogen-bond acceptors (Lipinski definition) is 3. The lowest BCUT2D eigenvalue weighted by molar-refractivity contribution is -0.274. The molecule has 2 aromatic rings. The van der Waals surface area contributed by atoms with Gasteiger partial charge in [-0.3, -0.25) is 0 Å². The molecule has 0 saturated carbocycles. The van der Waals surface area contributed by atoms with Gasteiger partial charge in [-0.25, -0.2) is 9.80 Å². The van der Waals surface area contributed by atoms with E-state index >= 15 is 0 Å². The number of rotatable bonds is 5. The largest absolute Gasteiger partial charge is 0.573 e. The molecule has 3 rings (SSSR count). The second-order valence-corrected chi connectivity index (χ2v) is 7.51. The molecule has 0 fully saturated rings. The van der Waals surface area contributed by atoms with Crippen molar-refractivity contribution in [1.29, 1.82) is 0 Å². The average molecular weight is 438 g/mol. The van der Waals surface area contributed by atoms with Crippen molar-refractivity contribution in [2.75, 3.05) is 11.9 Å². The summed E-state index contributed by atoms with van der Waals surface area (Å²) in [6.07, 6.45) is -2.41. The molecule has 1 N–H and O–H groups in total. The number of halogens is 4. The van der Waals surface area contributed by atoms with E-state index in [1.165, 1.54) is 17.1 Å². The van der Waals surface area contributed by atoms with Crippen molar-refractivity contribution in [3.63, 3.8) is 0 Å². The molecule has 0 spiro atoms. The molecule has 158 valence electrons. The Labute approximate surface area is 176 Å². The normalized spacial score (nSPS) is 18.7. The van der Waals surface area contributed by atoms with Crippen molar-refractivity contribution in [1.82, 2.24) is 5.01 Å². The Morgan fingerprint density at radius 2 is 1.90 bits per heavy atom. The molecule has 0 saturated heterocycles. The van der Waals surface area contributed by atoms with Gasteiger partial charge in [0, 0.05) is 16.1 Å². The van der Waals surface area contributed by atoms with Crippen LogP contribution in [0.5, 0.6) is 5.75 Å². The quantitative estimate of drug-likeness (QED) is 0.577. The minimum absolute atomic E-state index is 0.315. The number of anilines is 1. The number of alkyl halides is 3. The molecule has 2 aromatic carbocycles. The highest BCUT2D eigenvalue weighted by Gasteiger charge is 2.40. The Morgan fingerprint density at radius 1 is 1.27 bits per heavy atom. The maximum absolute atomic E-state index is 12.7. The van der Waals surface area contributed by atoms with Gasteiger partial charge < -0.3 is 10.1 Å². The van der Waals surface area contributed by atoms with E-state index in [0.29, 0.717) is 23.7 Å². The van der Waals surface area contributed by atoms with Crippen LogP contribution in [0.3, 0.4) is 0 Å². The van der Waals surface area contributed by atoms with Crippen LogP contribution in [0, 0.1) is 5.41 Å². The zero-order valence-electron chi connectivity index (χ0n) is 16.0. The standard InChI is InChI=1S/C21H19ClF3N3O2/c1-3-12-20(2)13-28(27-18(20)14-4-6-15(22)7-5-14)19(29)26-16-8-10-17(11-9-16)30-21(23,24)25/h3-11H,1,12-13H2,2H3,(H,26,29). The SMILES string of the molecule is C=CCC1(C)CN(C(=O)Nc2ccc(OC(F)(F)F)cc2)N=C1c1ccc(Cl)cc1. The number of urea groups is 1. The Kier molecular flexibility index (Phi) is 6.07. The van der Waals surface area contributed by atoms with Gasteiger partial charge in [-0.05, 0) is 48.4 Å². The van der Waals surface area contributed by atoms with Gasteiger partial charge in [0.2, 0.25) is 0 Å². The van der Waals surface area contributed by atoms with Crippen LogP contribution in [0.25, 0.3) is 0 Å². The van der Waals surface area contributed by atoms with Gasteiger partial charge >= 0.3 is 12.4 Å². The zero-order chi connectivity index (χ0) is 21.9. The number of allylic oxidation sites excluding steroid dienone is 1. The van der Waals surface area contributed by atoms with Crippen LogP contribution < -0.4 is 10.1 Å². The molecule has 1 aliphatic heterocycles. The van der Waals surface area contributed by atoms with Crippen LogP contribution >= 0.6 is 11.6 Å². The lowest BCUT2D eigenvalue weighted by Crippen LogP contribution is -2.35. The Balaban J connectivity index is 1.77. The van der Waals surface area contributed by atoms with Crippen LogP contribution in [0.1, 0.15) is 18.9 Å². The summed E-state index contributed by atoms with van der Waals surface area (Å²) in [5, 5.41) is 9.02. The zero-order valence-corrected chi connectivity index (χ0v) is 16.8. The minimum atomic E-state index is -4.78. The summed E-state index contributed by atoms with van der Waals surface area (Å²) in [5.41, 5.74) is 1.43. The maximum Gasteiger partial charge on any atom is 0.573 e. The van der Waals surface area contributed by atoms with Crippen LogP contribution in [0.15, 0.2) is 66.3 Å². The Hall–Kier alpha value is -3.00. The molecule has 0 radical (unpaired) electrons. The molecule has 1 heterocycles. The third-order valence-electron chi connectivity index (χ3n) is 4.58. The first-order valence-corrected chi connectivity index (χ1v) is 9.38. The van der Waals surface area contributed by atoms with Crippen LogP contribution in [-0.4, -0.2) is 29.7 Å². The average Bonchev–Trinajstić information content (AvgIpc) is 3.00. The van der Waals surface area contributed by atoms with Gasteiger partial charge in [0.15, 0.2) is 0 Å². The van der Waals surface area contributed by atoms with Gasteiger partial charge in [-0.15, -0.1) is 19.8 Å². The molecule has 1 aliphatic rings. The summed E-state index contributed by atoms with van der Waals surface area (Å²) in [7, 11) is 0. The van der Waals surface area contributed by atoms with Crippen molar-refractivity contribution in [2.45, 2.75) is 19.7 Å². The molecule has 0 bridgehead atoms. The number of hydrogen-bond donors (Lipinski definition) is 1. The van der Waals surface area contributed by atoms with Crippen LogP contribution in [0.2, 0.25) is 5.02 Å². The second kappa shape index (κ2) is 8.39. The molecule has 2 amide bonds. The molecule has 5 nitrogen and oxygen atoms in total. The van der Waals surface area contributed by atoms with Gasteiger partial charge in [0.25, 0.3) is 0 Å². The van der Waals surface area contributed by atoms with Crippen LogP contribution in [-0.2, 0) is 0 Å². The molecule has 1 unspecified atom stereocenters. The van der Waals surface area contributed by atoms with Crippen molar-refractivity contribution < 1.29 is 22.7 Å². The molecule has 9 heteroatoms. The van der Waals surface area contributed by atoms with Crippen LogP contribution in [0.4, 0.5) is 23.7 Å². The highest BCUT2D eigenvalue weighted by molar-refractivity contribution is 6.30. The number of carbonyl (C=O) groups excluding carboxylic acids is 1. The Morgan fingerprint density at radius 3 is 2.47 bits per heavy atom. The molecular weight excluding hydrogens is 419 g/mol. The van der Waals surface area contributed by atoms with Crippen molar-refractivity contribution in [3.8, 4) is 5.75 Å². The van der Waals surface area contributed by atoms with Gasteiger partial charge in [-0.2, -0.15) is 5.10 Å². The number of benzene rings is 2. The predicted molar refractivity (Wildman–Crippen MR) is 110 cm³/mol. The van der Waals surface area contributed by atoms with Gasteiger partial charge in [-0.1, -0.05) is 36.7 Å². The summed E-state index contributed by atoms with van der Waals surface area (Å²) in [5.74, 6) is -0.372. The summed E-state index contributed by atoms with van der Waals surface area (Å²) in [6, 6.07) is 11.6. The topological polar surface area (TPSA) is 53.9 Å². The van der Waals surface area contributed by atoms with E-state index in [0.717, 1.165) is 23.4 Å². The van der Waals surface area contributed by atoms with Gasteiger partial charge in [0.05, 0.1) is 12.3 Å².